The molecule has 1 aliphatic heterocycles. The quantitative estimate of drug-likeness (QED) is 0.814. The minimum absolute atomic E-state index is 0.699. The number of H-pyrrole nitrogens is 1. The van der Waals surface area contributed by atoms with Gasteiger partial charge in [0.05, 0.1) is 0 Å². The van der Waals surface area contributed by atoms with Crippen LogP contribution in [0.2, 0.25) is 0 Å². The molecule has 1 aliphatic rings. The third-order valence-corrected chi connectivity index (χ3v) is 3.52. The molecule has 0 aliphatic carbocycles. The molecule has 0 saturated carbocycles. The fourth-order valence-corrected chi connectivity index (χ4v) is 2.35. The van der Waals surface area contributed by atoms with Crippen LogP contribution in [-0.2, 0) is 6.54 Å². The van der Waals surface area contributed by atoms with Crippen LogP contribution in [-0.4, -0.2) is 35.1 Å². The number of nitrogens with zero attached hydrogens (tertiary/aromatic N) is 1. The summed E-state index contributed by atoms with van der Waals surface area (Å²) in [5.74, 6) is 0. The first-order chi connectivity index (χ1) is 7.75. The summed E-state index contributed by atoms with van der Waals surface area (Å²) in [4.78, 5) is 5.66. The highest BCUT2D eigenvalue weighted by Gasteiger charge is 2.19. The molecule has 2 N–H and O–H groups in total. The van der Waals surface area contributed by atoms with E-state index < -0.39 is 0 Å². The van der Waals surface area contributed by atoms with Gasteiger partial charge in [-0.05, 0) is 51.4 Å². The third-order valence-electron chi connectivity index (χ3n) is 3.52. The Morgan fingerprint density at radius 2 is 2.19 bits per heavy atom. The highest BCUT2D eigenvalue weighted by molar-refractivity contribution is 5.07. The van der Waals surface area contributed by atoms with E-state index in [-0.39, 0.29) is 0 Å². The van der Waals surface area contributed by atoms with Crippen molar-refractivity contribution in [2.24, 2.45) is 0 Å². The van der Waals surface area contributed by atoms with E-state index in [2.05, 4.69) is 41.3 Å². The number of rotatable bonds is 4. The van der Waals surface area contributed by atoms with Crippen LogP contribution in [0.3, 0.4) is 0 Å². The normalized spacial score (nSPS) is 19.4. The molecule has 0 atom stereocenters. The maximum Gasteiger partial charge on any atom is 0.0223 e. The summed E-state index contributed by atoms with van der Waals surface area (Å²) in [6.07, 6.45) is 6.61. The van der Waals surface area contributed by atoms with E-state index in [1.54, 1.807) is 0 Å². The maximum absolute atomic E-state index is 3.64. The summed E-state index contributed by atoms with van der Waals surface area (Å²) in [6.45, 7) is 8.04. The smallest absolute Gasteiger partial charge is 0.0223 e. The number of aromatic nitrogens is 1. The zero-order valence-electron chi connectivity index (χ0n) is 10.4. The number of likely N-dealkylation sites (tertiary alicyclic amines) is 1. The van der Waals surface area contributed by atoms with Gasteiger partial charge in [-0.1, -0.05) is 0 Å². The number of hydrogen-bond donors (Lipinski definition) is 2. The second-order valence-corrected chi connectivity index (χ2v) is 5.00. The Labute approximate surface area is 98.2 Å². The van der Waals surface area contributed by atoms with Crippen molar-refractivity contribution in [1.82, 2.24) is 15.2 Å². The van der Waals surface area contributed by atoms with Crippen LogP contribution in [0.4, 0.5) is 0 Å². The Balaban J connectivity index is 1.69. The molecule has 2 heterocycles. The molecule has 0 aromatic carbocycles. The standard InChI is InChI=1S/C13H23N3/c1-11(2)16-7-4-13(5-8-16)15-10-12-3-6-14-9-12/h3,6,9,11,13-15H,4-5,7-8,10H2,1-2H3. The highest BCUT2D eigenvalue weighted by atomic mass is 15.2. The predicted molar refractivity (Wildman–Crippen MR) is 67.4 cm³/mol. The van der Waals surface area contributed by atoms with Crippen LogP contribution < -0.4 is 5.32 Å². The SMILES string of the molecule is CC(C)N1CCC(NCc2cc[nH]c2)CC1. The number of nitrogens with one attached hydrogen (secondary N) is 2. The fraction of sp³-hybridized carbons (Fsp3) is 0.692. The van der Waals surface area contributed by atoms with Crippen molar-refractivity contribution in [3.63, 3.8) is 0 Å². The maximum atomic E-state index is 3.64. The minimum atomic E-state index is 0.699. The van der Waals surface area contributed by atoms with Crippen molar-refractivity contribution < 1.29 is 0 Å². The van der Waals surface area contributed by atoms with Crippen LogP contribution in [0.5, 0.6) is 0 Å². The summed E-state index contributed by atoms with van der Waals surface area (Å²) in [5, 5.41) is 3.64. The van der Waals surface area contributed by atoms with Gasteiger partial charge in [-0.2, -0.15) is 0 Å². The largest absolute Gasteiger partial charge is 0.367 e. The van der Waals surface area contributed by atoms with E-state index in [0.717, 1.165) is 6.54 Å². The van der Waals surface area contributed by atoms with Crippen molar-refractivity contribution in [2.45, 2.75) is 45.3 Å². The summed E-state index contributed by atoms with van der Waals surface area (Å²) < 4.78 is 0. The lowest BCUT2D eigenvalue weighted by Crippen LogP contribution is -2.44. The van der Waals surface area contributed by atoms with Crippen molar-refractivity contribution in [2.75, 3.05) is 13.1 Å². The van der Waals surface area contributed by atoms with Crippen molar-refractivity contribution in [1.29, 1.82) is 0 Å². The lowest BCUT2D eigenvalue weighted by Gasteiger charge is -2.34. The summed E-state index contributed by atoms with van der Waals surface area (Å²) in [6, 6.07) is 3.53. The zero-order chi connectivity index (χ0) is 11.4. The molecule has 1 aromatic heterocycles. The molecule has 1 aromatic rings. The molecule has 0 radical (unpaired) electrons. The van der Waals surface area contributed by atoms with Gasteiger partial charge in [-0.25, -0.2) is 0 Å². The van der Waals surface area contributed by atoms with E-state index in [1.165, 1.54) is 31.5 Å². The molecule has 0 unspecified atom stereocenters. The molecule has 1 saturated heterocycles. The molecule has 3 nitrogen and oxygen atoms in total. The molecule has 90 valence electrons. The van der Waals surface area contributed by atoms with Crippen molar-refractivity contribution >= 4 is 0 Å². The van der Waals surface area contributed by atoms with Gasteiger partial charge in [0.2, 0.25) is 0 Å². The summed E-state index contributed by atoms with van der Waals surface area (Å²) in [7, 11) is 0. The van der Waals surface area contributed by atoms with Gasteiger partial charge in [0.25, 0.3) is 0 Å². The Hall–Kier alpha value is -0.800. The molecule has 0 amide bonds. The summed E-state index contributed by atoms with van der Waals surface area (Å²) in [5.41, 5.74) is 1.35. The Morgan fingerprint density at radius 1 is 1.44 bits per heavy atom. The van der Waals surface area contributed by atoms with Gasteiger partial charge in [0.15, 0.2) is 0 Å². The first-order valence-corrected chi connectivity index (χ1v) is 6.35. The van der Waals surface area contributed by atoms with Gasteiger partial charge < -0.3 is 15.2 Å². The van der Waals surface area contributed by atoms with Crippen LogP contribution in [0.25, 0.3) is 0 Å². The second-order valence-electron chi connectivity index (χ2n) is 5.00. The molecule has 3 heteroatoms. The highest BCUT2D eigenvalue weighted by Crippen LogP contribution is 2.13. The number of aromatic amines is 1. The fourth-order valence-electron chi connectivity index (χ4n) is 2.35. The van der Waals surface area contributed by atoms with Crippen LogP contribution in [0, 0.1) is 0 Å². The van der Waals surface area contributed by atoms with Gasteiger partial charge in [0, 0.05) is 31.0 Å². The lowest BCUT2D eigenvalue weighted by molar-refractivity contribution is 0.161. The Kier molecular flexibility index (Phi) is 4.02. The molecular weight excluding hydrogens is 198 g/mol. The van der Waals surface area contributed by atoms with Gasteiger partial charge in [0.1, 0.15) is 0 Å². The topological polar surface area (TPSA) is 31.1 Å². The van der Waals surface area contributed by atoms with E-state index in [1.807, 2.05) is 6.20 Å². The van der Waals surface area contributed by atoms with Gasteiger partial charge in [-0.3, -0.25) is 0 Å². The van der Waals surface area contributed by atoms with E-state index in [9.17, 15) is 0 Å². The molecular formula is C13H23N3. The third kappa shape index (κ3) is 3.09. The average molecular weight is 221 g/mol. The molecule has 16 heavy (non-hydrogen) atoms. The van der Waals surface area contributed by atoms with Crippen LogP contribution >= 0.6 is 0 Å². The van der Waals surface area contributed by atoms with Gasteiger partial charge >= 0.3 is 0 Å². The monoisotopic (exact) mass is 221 g/mol. The van der Waals surface area contributed by atoms with E-state index in [0.29, 0.717) is 12.1 Å². The number of piperidine rings is 1. The Morgan fingerprint density at radius 3 is 2.75 bits per heavy atom. The zero-order valence-corrected chi connectivity index (χ0v) is 10.4. The predicted octanol–water partition coefficient (Wildman–Crippen LogP) is 1.98. The van der Waals surface area contributed by atoms with Crippen molar-refractivity contribution in [3.8, 4) is 0 Å². The first kappa shape index (κ1) is 11.7. The second kappa shape index (κ2) is 5.51. The van der Waals surface area contributed by atoms with Gasteiger partial charge in [-0.15, -0.1) is 0 Å². The Bertz CT molecular complexity index is 284. The summed E-state index contributed by atoms with van der Waals surface area (Å²) >= 11 is 0. The molecule has 1 fully saturated rings. The van der Waals surface area contributed by atoms with Crippen LogP contribution in [0.1, 0.15) is 32.3 Å². The molecule has 2 rings (SSSR count). The minimum Gasteiger partial charge on any atom is -0.367 e. The van der Waals surface area contributed by atoms with Crippen molar-refractivity contribution in [3.05, 3.63) is 24.0 Å². The van der Waals surface area contributed by atoms with E-state index in [4.69, 9.17) is 0 Å². The molecule has 0 bridgehead atoms. The van der Waals surface area contributed by atoms with E-state index >= 15 is 0 Å². The lowest BCUT2D eigenvalue weighted by atomic mass is 10.0. The van der Waals surface area contributed by atoms with Crippen LogP contribution in [0.15, 0.2) is 18.5 Å². The molecule has 0 spiro atoms. The first-order valence-electron chi connectivity index (χ1n) is 6.35. The number of hydrogen-bond acceptors (Lipinski definition) is 2. The average Bonchev–Trinajstić information content (AvgIpc) is 2.80.